The van der Waals surface area contributed by atoms with E-state index in [0.29, 0.717) is 0 Å². The molecule has 1 rings (SSSR count). The van der Waals surface area contributed by atoms with E-state index < -0.39 is 23.9 Å². The average Bonchev–Trinajstić information content (AvgIpc) is 2.23. The molecule has 1 aromatic rings. The van der Waals surface area contributed by atoms with E-state index in [2.05, 4.69) is 9.47 Å². The van der Waals surface area contributed by atoms with Gasteiger partial charge in [0.25, 0.3) is 0 Å². The average molecular weight is 251 g/mol. The monoisotopic (exact) mass is 250 g/mol. The van der Waals surface area contributed by atoms with Gasteiger partial charge >= 0.3 is 12.3 Å². The molecule has 6 heteroatoms. The zero-order chi connectivity index (χ0) is 12.1. The molecule has 0 aliphatic rings. The van der Waals surface area contributed by atoms with E-state index in [1.807, 2.05) is 0 Å². The fourth-order valence-corrected chi connectivity index (χ4v) is 1.16. The van der Waals surface area contributed by atoms with Gasteiger partial charge in [-0.3, -0.25) is 0 Å². The Kier molecular flexibility index (Phi) is 4.49. The van der Waals surface area contributed by atoms with E-state index >= 15 is 0 Å². The van der Waals surface area contributed by atoms with Gasteiger partial charge < -0.3 is 9.47 Å². The third-order valence-electron chi connectivity index (χ3n) is 1.61. The Bertz CT molecular complexity index is 364. The summed E-state index contributed by atoms with van der Waals surface area (Å²) in [5, 5.41) is -0.119. The molecule has 0 N–H and O–H groups in total. The van der Waals surface area contributed by atoms with Crippen LogP contribution in [0.2, 0.25) is 5.02 Å². The van der Waals surface area contributed by atoms with Crippen LogP contribution in [-0.2, 0) is 9.53 Å². The molecule has 0 amide bonds. The highest BCUT2D eigenvalue weighted by Gasteiger charge is 2.23. The number of benzene rings is 1. The van der Waals surface area contributed by atoms with Gasteiger partial charge in [0.15, 0.2) is 11.6 Å². The normalized spacial score (nSPS) is 12.0. The first-order chi connectivity index (χ1) is 7.56. The predicted octanol–water partition coefficient (Wildman–Crippen LogP) is 2.72. The van der Waals surface area contributed by atoms with Gasteiger partial charge in [-0.25, -0.2) is 9.18 Å². The molecule has 88 valence electrons. The van der Waals surface area contributed by atoms with Crippen molar-refractivity contribution in [1.82, 2.24) is 0 Å². The van der Waals surface area contributed by atoms with Crippen molar-refractivity contribution >= 4 is 17.6 Å². The summed E-state index contributed by atoms with van der Waals surface area (Å²) in [6, 6.07) is 3.69. The molecule has 0 saturated carbocycles. The summed E-state index contributed by atoms with van der Waals surface area (Å²) in [7, 11) is 0. The van der Waals surface area contributed by atoms with Crippen molar-refractivity contribution < 1.29 is 23.0 Å². The molecule has 0 fully saturated rings. The van der Waals surface area contributed by atoms with Crippen molar-refractivity contribution in [3.63, 3.8) is 0 Å². The molecule has 1 atom stereocenters. The molecule has 0 aliphatic heterocycles. The molecule has 0 spiro atoms. The number of rotatable bonds is 4. The Morgan fingerprint density at radius 3 is 2.81 bits per heavy atom. The number of alkyl halides is 1. The molecule has 3 nitrogen and oxygen atoms in total. The maximum Gasteiger partial charge on any atom is 0.381 e. The quantitative estimate of drug-likeness (QED) is 0.771. The number of hydrogen-bond donors (Lipinski definition) is 0. The summed E-state index contributed by atoms with van der Waals surface area (Å²) in [4.78, 5) is 10.9. The Labute approximate surface area is 95.9 Å². The molecule has 0 aromatic heterocycles. The third-order valence-corrected chi connectivity index (χ3v) is 1.91. The van der Waals surface area contributed by atoms with Crippen LogP contribution in [0.1, 0.15) is 6.92 Å². The van der Waals surface area contributed by atoms with Crippen molar-refractivity contribution in [3.8, 4) is 5.75 Å². The van der Waals surface area contributed by atoms with Crippen molar-refractivity contribution in [3.05, 3.63) is 29.0 Å². The van der Waals surface area contributed by atoms with Crippen LogP contribution in [0, 0.1) is 5.82 Å². The lowest BCUT2D eigenvalue weighted by atomic mass is 10.3. The zero-order valence-corrected chi connectivity index (χ0v) is 9.13. The lowest BCUT2D eigenvalue weighted by Gasteiger charge is -2.11. The van der Waals surface area contributed by atoms with Crippen LogP contribution >= 0.6 is 11.6 Å². The largest absolute Gasteiger partial charge is 0.461 e. The minimum atomic E-state index is -2.39. The molecular weight excluding hydrogens is 242 g/mol. The SMILES string of the molecule is CCOC(=O)C(F)Oc1c(F)cccc1Cl. The van der Waals surface area contributed by atoms with Crippen molar-refractivity contribution in [2.75, 3.05) is 6.61 Å². The second-order valence-corrected chi connectivity index (χ2v) is 3.14. The number of carbonyl (C=O) groups is 1. The summed E-state index contributed by atoms with van der Waals surface area (Å²) in [6.45, 7) is 1.52. The number of esters is 1. The van der Waals surface area contributed by atoms with Crippen LogP contribution < -0.4 is 4.74 Å². The summed E-state index contributed by atoms with van der Waals surface area (Å²) in [6.07, 6.45) is -2.39. The summed E-state index contributed by atoms with van der Waals surface area (Å²) < 4.78 is 35.0. The van der Waals surface area contributed by atoms with Gasteiger partial charge in [0.2, 0.25) is 0 Å². The molecule has 0 bridgehead atoms. The smallest absolute Gasteiger partial charge is 0.381 e. The van der Waals surface area contributed by atoms with Gasteiger partial charge in [0.1, 0.15) is 0 Å². The fraction of sp³-hybridized carbons (Fsp3) is 0.300. The standard InChI is InChI=1S/C10H9ClF2O3/c1-2-15-10(14)9(13)16-8-6(11)4-3-5-7(8)12/h3-5,9H,2H2,1H3. The Balaban J connectivity index is 2.76. The van der Waals surface area contributed by atoms with Crippen LogP contribution in [0.3, 0.4) is 0 Å². The number of halogens is 3. The van der Waals surface area contributed by atoms with E-state index in [4.69, 9.17) is 11.6 Å². The van der Waals surface area contributed by atoms with Crippen LogP contribution in [0.25, 0.3) is 0 Å². The Morgan fingerprint density at radius 2 is 2.25 bits per heavy atom. The Morgan fingerprint density at radius 1 is 1.56 bits per heavy atom. The van der Waals surface area contributed by atoms with Crippen molar-refractivity contribution in [1.29, 1.82) is 0 Å². The highest BCUT2D eigenvalue weighted by atomic mass is 35.5. The molecule has 16 heavy (non-hydrogen) atoms. The lowest BCUT2D eigenvalue weighted by Crippen LogP contribution is -2.25. The van der Waals surface area contributed by atoms with Gasteiger partial charge in [-0.2, -0.15) is 4.39 Å². The molecule has 1 unspecified atom stereocenters. The van der Waals surface area contributed by atoms with Crippen LogP contribution in [0.4, 0.5) is 8.78 Å². The number of para-hydroxylation sites is 1. The fourth-order valence-electron chi connectivity index (χ4n) is 0.954. The van der Waals surface area contributed by atoms with Gasteiger partial charge in [0.05, 0.1) is 11.6 Å². The first-order valence-corrected chi connectivity index (χ1v) is 4.85. The molecule has 0 saturated heterocycles. The Hall–Kier alpha value is -1.36. The lowest BCUT2D eigenvalue weighted by molar-refractivity contribution is -0.160. The van der Waals surface area contributed by atoms with E-state index in [1.54, 1.807) is 0 Å². The number of ether oxygens (including phenoxy) is 2. The topological polar surface area (TPSA) is 35.5 Å². The van der Waals surface area contributed by atoms with E-state index in [9.17, 15) is 13.6 Å². The first kappa shape index (κ1) is 12.7. The minimum Gasteiger partial charge on any atom is -0.461 e. The summed E-state index contributed by atoms with van der Waals surface area (Å²) >= 11 is 5.57. The van der Waals surface area contributed by atoms with Gasteiger partial charge in [-0.15, -0.1) is 0 Å². The van der Waals surface area contributed by atoms with Crippen LogP contribution in [0.5, 0.6) is 5.75 Å². The van der Waals surface area contributed by atoms with Crippen LogP contribution in [-0.4, -0.2) is 18.9 Å². The maximum atomic E-state index is 13.1. The van der Waals surface area contributed by atoms with Gasteiger partial charge in [-0.05, 0) is 19.1 Å². The predicted molar refractivity (Wildman–Crippen MR) is 53.6 cm³/mol. The highest BCUT2D eigenvalue weighted by Crippen LogP contribution is 2.28. The molecule has 0 heterocycles. The molecule has 1 aromatic carbocycles. The van der Waals surface area contributed by atoms with Gasteiger partial charge in [0, 0.05) is 0 Å². The first-order valence-electron chi connectivity index (χ1n) is 4.47. The number of hydrogen-bond acceptors (Lipinski definition) is 3. The van der Waals surface area contributed by atoms with E-state index in [0.717, 1.165) is 6.07 Å². The minimum absolute atomic E-state index is 0.00756. The molecule has 0 aliphatic carbocycles. The third kappa shape index (κ3) is 3.06. The highest BCUT2D eigenvalue weighted by molar-refractivity contribution is 6.32. The second kappa shape index (κ2) is 5.65. The summed E-state index contributed by atoms with van der Waals surface area (Å²) in [5.74, 6) is -2.58. The van der Waals surface area contributed by atoms with Crippen molar-refractivity contribution in [2.24, 2.45) is 0 Å². The van der Waals surface area contributed by atoms with Crippen LogP contribution in [0.15, 0.2) is 18.2 Å². The van der Waals surface area contributed by atoms with Gasteiger partial charge in [-0.1, -0.05) is 17.7 Å². The zero-order valence-electron chi connectivity index (χ0n) is 8.38. The van der Waals surface area contributed by atoms with E-state index in [-0.39, 0.29) is 11.6 Å². The second-order valence-electron chi connectivity index (χ2n) is 2.74. The van der Waals surface area contributed by atoms with E-state index in [1.165, 1.54) is 19.1 Å². The summed E-state index contributed by atoms with van der Waals surface area (Å²) in [5.41, 5.74) is 0. The molecule has 0 radical (unpaired) electrons. The number of carbonyl (C=O) groups excluding carboxylic acids is 1. The molecular formula is C10H9ClF2O3. The maximum absolute atomic E-state index is 13.1. The van der Waals surface area contributed by atoms with Crippen molar-refractivity contribution in [2.45, 2.75) is 13.3 Å².